The molecule has 9 aromatic rings. The van der Waals surface area contributed by atoms with Crippen LogP contribution in [0, 0.1) is 23.3 Å². The summed E-state index contributed by atoms with van der Waals surface area (Å²) in [6, 6.07) is 38.0. The van der Waals surface area contributed by atoms with Gasteiger partial charge in [0, 0.05) is 142 Å². The Bertz CT molecular complexity index is 3850. The molecule has 0 amide bonds. The molecule has 0 N–H and O–H groups in total. The third-order valence-corrected chi connectivity index (χ3v) is 20.7. The summed E-state index contributed by atoms with van der Waals surface area (Å²) in [6.45, 7) is 27.8. The quantitative estimate of drug-likeness (QED) is 0.0518. The number of halogens is 6. The lowest BCUT2D eigenvalue weighted by atomic mass is 10.0. The summed E-state index contributed by atoms with van der Waals surface area (Å²) in [5.41, 5.74) is 4.45. The Morgan fingerprint density at radius 1 is 0.398 bits per heavy atom. The van der Waals surface area contributed by atoms with Crippen LogP contribution in [0.4, 0.5) is 34.6 Å². The molecule has 6 saturated heterocycles. The van der Waals surface area contributed by atoms with Gasteiger partial charge < -0.3 is 57.3 Å². The van der Waals surface area contributed by atoms with Gasteiger partial charge in [0.25, 0.3) is 0 Å². The van der Waals surface area contributed by atoms with Crippen molar-refractivity contribution in [3.05, 3.63) is 215 Å². The molecule has 0 radical (unpaired) electrons. The molecule has 24 nitrogen and oxygen atoms in total. The first-order chi connectivity index (χ1) is 52.2. The zero-order valence-corrected chi connectivity index (χ0v) is 63.1. The van der Waals surface area contributed by atoms with Crippen molar-refractivity contribution in [2.45, 2.75) is 115 Å². The lowest BCUT2D eigenvalue weighted by Gasteiger charge is -2.38. The van der Waals surface area contributed by atoms with Crippen molar-refractivity contribution in [2.24, 2.45) is 0 Å². The molecule has 30 heteroatoms. The first-order valence-corrected chi connectivity index (χ1v) is 37.5. The maximum atomic E-state index is 14.9. The van der Waals surface area contributed by atoms with Gasteiger partial charge in [0.1, 0.15) is 136 Å². The van der Waals surface area contributed by atoms with E-state index in [4.69, 9.17) is 65.8 Å². The minimum absolute atomic E-state index is 0.0603. The molecule has 108 heavy (non-hydrogen) atoms. The summed E-state index contributed by atoms with van der Waals surface area (Å²) in [5.74, 6) is -4.20. The van der Waals surface area contributed by atoms with Crippen molar-refractivity contribution in [2.75, 3.05) is 133 Å². The highest BCUT2D eigenvalue weighted by molar-refractivity contribution is 6.31. The summed E-state index contributed by atoms with van der Waals surface area (Å²) in [4.78, 5) is 26.6. The Balaban J connectivity index is 0.000000143. The van der Waals surface area contributed by atoms with E-state index >= 15 is 0 Å². The lowest BCUT2D eigenvalue weighted by molar-refractivity contribution is -0.192. The number of rotatable bonds is 24. The molecule has 6 aromatic carbocycles. The van der Waals surface area contributed by atoms with Gasteiger partial charge >= 0.3 is 0 Å². The maximum absolute atomic E-state index is 14.9. The number of hydrogen-bond acceptors (Lipinski definition) is 21. The van der Waals surface area contributed by atoms with E-state index in [-0.39, 0.29) is 68.3 Å². The van der Waals surface area contributed by atoms with Crippen LogP contribution in [0.1, 0.15) is 58.2 Å². The molecule has 0 aliphatic carbocycles. The third kappa shape index (κ3) is 19.4. The van der Waals surface area contributed by atoms with Gasteiger partial charge in [-0.15, -0.1) is 0 Å². The van der Waals surface area contributed by atoms with E-state index in [9.17, 15) is 17.6 Å². The number of hydrogen-bond donors (Lipinski definition) is 0. The topological polar surface area (TPSA) is 195 Å². The summed E-state index contributed by atoms with van der Waals surface area (Å²) >= 11 is 12.3. The van der Waals surface area contributed by atoms with Gasteiger partial charge in [-0.25, -0.2) is 46.6 Å². The van der Waals surface area contributed by atoms with Gasteiger partial charge in [-0.3, -0.25) is 14.7 Å². The van der Waals surface area contributed by atoms with E-state index in [1.807, 2.05) is 36.4 Å². The Morgan fingerprint density at radius 3 is 1.02 bits per heavy atom. The molecule has 0 bridgehead atoms. The van der Waals surface area contributed by atoms with E-state index in [1.165, 1.54) is 83.7 Å². The molecule has 6 atom stereocenters. The highest BCUT2D eigenvalue weighted by atomic mass is 35.5. The van der Waals surface area contributed by atoms with Crippen LogP contribution in [0.15, 0.2) is 165 Å². The zero-order valence-electron chi connectivity index (χ0n) is 61.6. The second kappa shape index (κ2) is 35.4. The van der Waals surface area contributed by atoms with Crippen LogP contribution >= 0.6 is 23.2 Å². The monoisotopic (exact) mass is 1530 g/mol. The number of piperazine rings is 3. The average Bonchev–Trinajstić information content (AvgIpc) is 1.56. The Labute approximate surface area is 636 Å². The largest absolute Gasteiger partial charge is 0.491 e. The summed E-state index contributed by atoms with van der Waals surface area (Å²) in [6.07, 6.45) is 7.62. The number of ether oxygens (including phenoxy) is 9. The van der Waals surface area contributed by atoms with E-state index in [0.717, 1.165) is 96.1 Å². The molecule has 0 unspecified atom stereocenters. The molecule has 6 fully saturated rings. The Hall–Kier alpha value is -8.52. The van der Waals surface area contributed by atoms with Gasteiger partial charge in [-0.2, -0.15) is 15.3 Å². The van der Waals surface area contributed by atoms with Gasteiger partial charge in [-0.05, 0) is 163 Å². The lowest BCUT2D eigenvalue weighted by Crippen LogP contribution is -2.48. The van der Waals surface area contributed by atoms with E-state index in [2.05, 4.69) is 138 Å². The van der Waals surface area contributed by atoms with Gasteiger partial charge in [-0.1, -0.05) is 23.2 Å². The van der Waals surface area contributed by atoms with Crippen LogP contribution < -0.4 is 28.9 Å². The van der Waals surface area contributed by atoms with Crippen LogP contribution in [0.5, 0.6) is 17.2 Å². The minimum Gasteiger partial charge on any atom is -0.491 e. The van der Waals surface area contributed by atoms with E-state index in [1.54, 1.807) is 33.9 Å². The summed E-state index contributed by atoms with van der Waals surface area (Å²) in [7, 11) is 0. The second-order valence-corrected chi connectivity index (χ2v) is 29.2. The Kier molecular flexibility index (Phi) is 25.5. The molecule has 0 saturated carbocycles. The number of benzene rings is 6. The predicted molar refractivity (Wildman–Crippen MR) is 399 cm³/mol. The Morgan fingerprint density at radius 2 is 0.713 bits per heavy atom. The van der Waals surface area contributed by atoms with Crippen molar-refractivity contribution in [3.63, 3.8) is 0 Å². The van der Waals surface area contributed by atoms with Gasteiger partial charge in [0.05, 0.1) is 24.8 Å². The van der Waals surface area contributed by atoms with Crippen molar-refractivity contribution in [1.82, 2.24) is 59.0 Å². The highest BCUT2D eigenvalue weighted by Gasteiger charge is 2.49. The minimum atomic E-state index is -1.47. The fourth-order valence-corrected chi connectivity index (χ4v) is 14.6. The molecule has 3 aromatic heterocycles. The van der Waals surface area contributed by atoms with Crippen molar-refractivity contribution < 1.29 is 60.2 Å². The summed E-state index contributed by atoms with van der Waals surface area (Å²) in [5, 5.41) is 12.9. The fourth-order valence-electron chi connectivity index (χ4n) is 14.2. The SMILES string of the molecule is CC(C)N1CCN(c2ccc(OC[C@H]3CO[C@](Cn4cncn4)(c4ccc(Cl)cc4F)O3)cc2)CC1.CC(C)N1CCN(c2ccc(OC[C@H]3CO[C@](Cn4cncn4)(c4ccc(F)cc4Cl)O3)cc2)CC1.CC(C)N1CCN(c2ccc(OC[C@H]3CO[C@](Cn4cncn4)(c4ccc(F)cc4F)O3)cc2)CC1. The predicted octanol–water partition coefficient (Wildman–Crippen LogP) is 11.3. The van der Waals surface area contributed by atoms with Gasteiger partial charge in [0.15, 0.2) is 0 Å². The number of aromatic nitrogens is 9. The normalized spacial score (nSPS) is 22.9. The van der Waals surface area contributed by atoms with E-state index in [0.29, 0.717) is 47.7 Å². The van der Waals surface area contributed by atoms with Crippen LogP contribution in [0.2, 0.25) is 10.0 Å². The van der Waals surface area contributed by atoms with Crippen molar-refractivity contribution >= 4 is 40.3 Å². The molecule has 576 valence electrons. The third-order valence-electron chi connectivity index (χ3n) is 20.2. The second-order valence-electron chi connectivity index (χ2n) is 28.3. The molecule has 15 rings (SSSR count). The average molecular weight is 1530 g/mol. The van der Waals surface area contributed by atoms with Crippen LogP contribution in [-0.4, -0.2) is 214 Å². The zero-order chi connectivity index (χ0) is 75.4. The standard InChI is InChI=1S/2C26H31ClFN5O3.C26H31F2N5O3/c1-19(2)31-9-11-32(12-10-31)21-4-6-22(7-5-21)34-14-23-15-35-26(36-23,16-33-18-29-17-30-33)24-8-3-20(28)13-25(24)27;2*1-19(2)31-9-11-32(12-10-31)21-4-6-22(7-5-21)34-14-23-15-35-26(36-23,16-33-18-29-17-30-33)24-8-3-20(27)13-25(24)28/h3*3-8,13,17-19,23H,9-12,14-16H2,1-2H3/t3*23-,26-/m000/s1. The van der Waals surface area contributed by atoms with Crippen LogP contribution in [0.3, 0.4) is 0 Å². The summed E-state index contributed by atoms with van der Waals surface area (Å²) < 4.78 is 116. The maximum Gasteiger partial charge on any atom is 0.218 e. The smallest absolute Gasteiger partial charge is 0.218 e. The number of anilines is 3. The van der Waals surface area contributed by atoms with Crippen molar-refractivity contribution in [1.29, 1.82) is 0 Å². The first kappa shape index (κ1) is 77.6. The number of nitrogens with zero attached hydrogens (tertiary/aromatic N) is 15. The highest BCUT2D eigenvalue weighted by Crippen LogP contribution is 2.43. The van der Waals surface area contributed by atoms with Crippen LogP contribution in [0.25, 0.3) is 0 Å². The van der Waals surface area contributed by atoms with Crippen LogP contribution in [-0.2, 0) is 65.4 Å². The molecule has 6 aliphatic rings. The van der Waals surface area contributed by atoms with Gasteiger partial charge in [0.2, 0.25) is 17.4 Å². The molecule has 9 heterocycles. The fraction of sp³-hybridized carbons (Fsp3) is 0.462. The first-order valence-electron chi connectivity index (χ1n) is 36.7. The van der Waals surface area contributed by atoms with Crippen molar-refractivity contribution in [3.8, 4) is 17.2 Å². The molecular weight excluding hydrogens is 1440 g/mol. The molecule has 6 aliphatic heterocycles. The molecule has 0 spiro atoms. The molecular formula is C78H93Cl2F4N15O9. The van der Waals surface area contributed by atoms with E-state index < -0.39 is 52.8 Å².